The number of hydrogen-bond acceptors (Lipinski definition) is 0. The molecule has 0 aromatic heterocycles. The van der Waals surface area contributed by atoms with E-state index >= 15 is 0 Å². The van der Waals surface area contributed by atoms with E-state index in [0.29, 0.717) is 0 Å². The topological polar surface area (TPSA) is 0 Å². The molecule has 0 radical (unpaired) electrons. The Hall–Kier alpha value is 0.558. The van der Waals surface area contributed by atoms with Crippen LogP contribution in [0.2, 0.25) is 21.8 Å². The summed E-state index contributed by atoms with van der Waals surface area (Å²) >= 11 is -0.944. The molecule has 0 unspecified atom stereocenters. The predicted octanol–water partition coefficient (Wildman–Crippen LogP) is 2.73. The Kier molecular flexibility index (Phi) is 2.99. The summed E-state index contributed by atoms with van der Waals surface area (Å²) in [6.07, 6.45) is 0. The molecule has 0 aliphatic rings. The van der Waals surface area contributed by atoms with E-state index in [4.69, 9.17) is 0 Å². The maximum absolute atomic E-state index is 2.47. The van der Waals surface area contributed by atoms with Crippen LogP contribution in [0.3, 0.4) is 0 Å². The molecule has 0 aromatic rings. The van der Waals surface area contributed by atoms with Gasteiger partial charge in [-0.15, -0.1) is 0 Å². The first-order valence-electron chi connectivity index (χ1n) is 2.94. The molecule has 0 saturated heterocycles. The number of hydrogen-bond donors (Lipinski definition) is 0. The van der Waals surface area contributed by atoms with E-state index in [0.717, 1.165) is 0 Å². The predicted molar refractivity (Wildman–Crippen MR) is 38.4 cm³/mol. The van der Waals surface area contributed by atoms with E-state index in [1.165, 1.54) is 10.4 Å². The van der Waals surface area contributed by atoms with Crippen LogP contribution in [0.15, 0.2) is 0 Å². The molecule has 44 valence electrons. The van der Waals surface area contributed by atoms with E-state index in [-0.39, 0.29) is 0 Å². The molecule has 0 spiro atoms. The van der Waals surface area contributed by atoms with Crippen LogP contribution in [0.1, 0.15) is 13.8 Å². The summed E-state index contributed by atoms with van der Waals surface area (Å²) in [7, 11) is 0. The van der Waals surface area contributed by atoms with Crippen molar-refractivity contribution in [3.8, 4) is 0 Å². The molecule has 0 bridgehead atoms. The molecule has 0 saturated carbocycles. The second-order valence-corrected chi connectivity index (χ2v) is 13.3. The Labute approximate surface area is 49.8 Å². The molecule has 0 aromatic carbocycles. The molecule has 0 atom stereocenters. The monoisotopic (exact) mass is 163 g/mol. The summed E-state index contributed by atoms with van der Waals surface area (Å²) in [5, 5.41) is 2.93. The third kappa shape index (κ3) is 3.17. The Bertz CT molecular complexity index is 42.1. The first kappa shape index (κ1) is 7.56. The Morgan fingerprint density at radius 2 is 1.29 bits per heavy atom. The van der Waals surface area contributed by atoms with Gasteiger partial charge < -0.3 is 0 Å². The van der Waals surface area contributed by atoms with Crippen molar-refractivity contribution in [1.82, 2.24) is 0 Å². The van der Waals surface area contributed by atoms with Crippen LogP contribution in [0.4, 0.5) is 0 Å². The maximum atomic E-state index is 2.47. The molecule has 0 aliphatic carbocycles. The number of rotatable bonds is 2. The van der Waals surface area contributed by atoms with Crippen molar-refractivity contribution < 1.29 is 0 Å². The van der Waals surface area contributed by atoms with Gasteiger partial charge in [-0.2, -0.15) is 0 Å². The van der Waals surface area contributed by atoms with Gasteiger partial charge in [-0.3, -0.25) is 0 Å². The molecule has 7 heavy (non-hydrogen) atoms. The Balaban J connectivity index is 3.36. The molecular weight excluding hydrogens is 147 g/mol. The molecule has 0 aliphatic heterocycles. The van der Waals surface area contributed by atoms with Crippen LogP contribution < -0.4 is 0 Å². The summed E-state index contributed by atoms with van der Waals surface area (Å²) in [6.45, 7) is 4.63. The average molecular weight is 163 g/mol. The first-order valence-corrected chi connectivity index (χ1v) is 9.35. The van der Waals surface area contributed by atoms with Gasteiger partial charge in [-0.05, 0) is 0 Å². The SMILES string of the molecule is CC[As+](C)(C)CC. The van der Waals surface area contributed by atoms with E-state index in [9.17, 15) is 0 Å². The quantitative estimate of drug-likeness (QED) is 0.549. The summed E-state index contributed by atoms with van der Waals surface area (Å²) in [6, 6.07) is 0. The third-order valence-corrected chi connectivity index (χ3v) is 8.90. The van der Waals surface area contributed by atoms with Gasteiger partial charge in [0.1, 0.15) is 0 Å². The van der Waals surface area contributed by atoms with Gasteiger partial charge >= 0.3 is 49.2 Å². The second kappa shape index (κ2) is 2.77. The molecule has 0 nitrogen and oxygen atoms in total. The van der Waals surface area contributed by atoms with Crippen molar-refractivity contribution in [3.63, 3.8) is 0 Å². The molecule has 0 rings (SSSR count). The van der Waals surface area contributed by atoms with Gasteiger partial charge in [0.05, 0.1) is 0 Å². The van der Waals surface area contributed by atoms with Crippen molar-refractivity contribution in [2.24, 2.45) is 0 Å². The van der Waals surface area contributed by atoms with E-state index in [2.05, 4.69) is 25.3 Å². The normalized spacial score (nSPS) is 12.0. The minimum absolute atomic E-state index is 0.944. The Morgan fingerprint density at radius 1 is 1.00 bits per heavy atom. The summed E-state index contributed by atoms with van der Waals surface area (Å²) in [5.41, 5.74) is 4.94. The van der Waals surface area contributed by atoms with Gasteiger partial charge in [-0.25, -0.2) is 0 Å². The molecule has 0 heterocycles. The van der Waals surface area contributed by atoms with Gasteiger partial charge in [0, 0.05) is 0 Å². The van der Waals surface area contributed by atoms with Crippen molar-refractivity contribution in [1.29, 1.82) is 0 Å². The third-order valence-electron chi connectivity index (χ3n) is 1.71. The van der Waals surface area contributed by atoms with Gasteiger partial charge in [0.25, 0.3) is 0 Å². The van der Waals surface area contributed by atoms with Crippen molar-refractivity contribution in [2.75, 3.05) is 0 Å². The van der Waals surface area contributed by atoms with Crippen molar-refractivity contribution >= 4 is 13.6 Å². The van der Waals surface area contributed by atoms with Gasteiger partial charge in [0.15, 0.2) is 0 Å². The first-order chi connectivity index (χ1) is 3.12. The fourth-order valence-electron chi connectivity index (χ4n) is 0.224. The molecular formula is C6H16As+. The summed E-state index contributed by atoms with van der Waals surface area (Å²) < 4.78 is 0. The summed E-state index contributed by atoms with van der Waals surface area (Å²) in [5.74, 6) is 0. The van der Waals surface area contributed by atoms with Crippen LogP contribution in [0.25, 0.3) is 0 Å². The van der Waals surface area contributed by atoms with Crippen LogP contribution in [0.5, 0.6) is 0 Å². The zero-order chi connectivity index (χ0) is 5.91. The van der Waals surface area contributed by atoms with Gasteiger partial charge in [-0.1, -0.05) is 0 Å². The van der Waals surface area contributed by atoms with E-state index < -0.39 is 13.6 Å². The van der Waals surface area contributed by atoms with Gasteiger partial charge in [0.2, 0.25) is 0 Å². The van der Waals surface area contributed by atoms with Crippen LogP contribution in [-0.2, 0) is 0 Å². The van der Waals surface area contributed by atoms with Crippen LogP contribution in [0, 0.1) is 0 Å². The fraction of sp³-hybridized carbons (Fsp3) is 1.00. The second-order valence-electron chi connectivity index (χ2n) is 2.57. The molecule has 1 heteroatoms. The van der Waals surface area contributed by atoms with Crippen LogP contribution in [-0.4, -0.2) is 13.6 Å². The van der Waals surface area contributed by atoms with Crippen molar-refractivity contribution in [2.45, 2.75) is 35.7 Å². The molecule has 0 fully saturated rings. The zero-order valence-electron chi connectivity index (χ0n) is 5.86. The van der Waals surface area contributed by atoms with E-state index in [1.54, 1.807) is 0 Å². The van der Waals surface area contributed by atoms with Crippen molar-refractivity contribution in [3.05, 3.63) is 0 Å². The minimum atomic E-state index is -0.944. The standard InChI is InChI=1S/C6H16As/c1-5-7(3,4)6-2/h5-6H2,1-4H3/q+1. The van der Waals surface area contributed by atoms with Crippen LogP contribution >= 0.6 is 0 Å². The van der Waals surface area contributed by atoms with E-state index in [1.807, 2.05) is 0 Å². The molecule has 0 amide bonds. The Morgan fingerprint density at radius 3 is 1.29 bits per heavy atom. The fourth-order valence-corrected chi connectivity index (χ4v) is 1.16. The zero-order valence-corrected chi connectivity index (χ0v) is 7.74. The summed E-state index contributed by atoms with van der Waals surface area (Å²) in [4.78, 5) is 0. The average Bonchev–Trinajstić information content (AvgIpc) is 1.68. The molecule has 0 N–H and O–H groups in total.